The number of fused-ring (bicyclic) bond motifs is 1. The summed E-state index contributed by atoms with van der Waals surface area (Å²) >= 11 is 0. The van der Waals surface area contributed by atoms with Crippen molar-refractivity contribution in [2.75, 3.05) is 5.32 Å². The molecule has 5 nitrogen and oxygen atoms in total. The molecule has 0 saturated carbocycles. The Morgan fingerprint density at radius 1 is 1.21 bits per heavy atom. The molecule has 0 radical (unpaired) electrons. The summed E-state index contributed by atoms with van der Waals surface area (Å²) in [6.07, 6.45) is 5.76. The van der Waals surface area contributed by atoms with Crippen molar-refractivity contribution < 1.29 is 27.7 Å². The first-order chi connectivity index (χ1) is 11.1. The van der Waals surface area contributed by atoms with Gasteiger partial charge in [0.05, 0.1) is 17.4 Å². The summed E-state index contributed by atoms with van der Waals surface area (Å²) in [4.78, 5) is 27.4. The molecule has 2 aromatic rings. The second-order valence-corrected chi connectivity index (χ2v) is 5.90. The van der Waals surface area contributed by atoms with Crippen LogP contribution in [0.1, 0.15) is 39.0 Å². The molecule has 130 valence electrons. The number of ketones is 1. The predicted molar refractivity (Wildman–Crippen MR) is 90.8 cm³/mol. The topological polar surface area (TPSA) is 86.7 Å². The SMILES string of the molecule is CC(=O)CCCCC[C@H]([NH3+])C(=O)Nc1cnc2ccccc2c1.[Cl-]. The van der Waals surface area contributed by atoms with Gasteiger partial charge in [0.15, 0.2) is 6.04 Å². The molecule has 1 aromatic carbocycles. The number of hydrogen-bond acceptors (Lipinski definition) is 3. The van der Waals surface area contributed by atoms with Crippen molar-refractivity contribution in [2.24, 2.45) is 0 Å². The van der Waals surface area contributed by atoms with Gasteiger partial charge in [-0.1, -0.05) is 24.6 Å². The van der Waals surface area contributed by atoms with Crippen LogP contribution in [0, 0.1) is 0 Å². The fourth-order valence-electron chi connectivity index (χ4n) is 2.46. The molecule has 1 heterocycles. The Balaban J connectivity index is 0.00000288. The van der Waals surface area contributed by atoms with Crippen LogP contribution in [0.4, 0.5) is 5.69 Å². The summed E-state index contributed by atoms with van der Waals surface area (Å²) in [7, 11) is 0. The van der Waals surface area contributed by atoms with Gasteiger partial charge in [-0.05, 0) is 31.9 Å². The third-order valence-electron chi connectivity index (χ3n) is 3.81. The monoisotopic (exact) mass is 349 g/mol. The van der Waals surface area contributed by atoms with Crippen LogP contribution < -0.4 is 23.5 Å². The highest BCUT2D eigenvalue weighted by molar-refractivity contribution is 5.95. The van der Waals surface area contributed by atoms with E-state index in [4.69, 9.17) is 0 Å². The van der Waals surface area contributed by atoms with Crippen LogP contribution in [0.3, 0.4) is 0 Å². The molecular weight excluding hydrogens is 326 g/mol. The number of quaternary nitrogens is 1. The maximum absolute atomic E-state index is 12.2. The highest BCUT2D eigenvalue weighted by atomic mass is 35.5. The molecule has 6 heteroatoms. The highest BCUT2D eigenvalue weighted by Crippen LogP contribution is 2.16. The number of aromatic nitrogens is 1. The Labute approximate surface area is 148 Å². The molecule has 0 saturated heterocycles. The zero-order chi connectivity index (χ0) is 16.7. The molecule has 1 amide bonds. The molecule has 2 rings (SSSR count). The lowest BCUT2D eigenvalue weighted by Gasteiger charge is -2.10. The Kier molecular flexibility index (Phi) is 8.36. The second kappa shape index (κ2) is 10.0. The Morgan fingerprint density at radius 3 is 2.71 bits per heavy atom. The van der Waals surface area contributed by atoms with E-state index in [2.05, 4.69) is 16.0 Å². The van der Waals surface area contributed by atoms with Gasteiger partial charge < -0.3 is 28.3 Å². The van der Waals surface area contributed by atoms with Crippen LogP contribution in [0.25, 0.3) is 10.9 Å². The zero-order valence-electron chi connectivity index (χ0n) is 13.9. The van der Waals surface area contributed by atoms with Gasteiger partial charge in [0.1, 0.15) is 5.78 Å². The fraction of sp³-hybridized carbons (Fsp3) is 0.389. The van der Waals surface area contributed by atoms with Gasteiger partial charge in [0, 0.05) is 18.2 Å². The number of anilines is 1. The van der Waals surface area contributed by atoms with Gasteiger partial charge in [-0.25, -0.2) is 0 Å². The minimum atomic E-state index is -0.293. The molecule has 24 heavy (non-hydrogen) atoms. The molecule has 1 atom stereocenters. The molecule has 0 aliphatic carbocycles. The van der Waals surface area contributed by atoms with Gasteiger partial charge in [-0.15, -0.1) is 0 Å². The molecule has 1 aromatic heterocycles. The third-order valence-corrected chi connectivity index (χ3v) is 3.81. The Hall–Kier alpha value is -1.98. The summed E-state index contributed by atoms with van der Waals surface area (Å²) in [5.41, 5.74) is 5.53. The normalized spacial score (nSPS) is 11.6. The van der Waals surface area contributed by atoms with Crippen LogP contribution in [0.15, 0.2) is 36.5 Å². The van der Waals surface area contributed by atoms with Crippen molar-refractivity contribution in [3.8, 4) is 0 Å². The standard InChI is InChI=1S/C18H23N3O2.ClH/c1-13(22)7-3-2-4-9-16(19)18(23)21-15-11-14-8-5-6-10-17(14)20-12-15;/h5-6,8,10-12,16H,2-4,7,9,19H2,1H3,(H,21,23);1H/t16-;/m0./s1. The van der Waals surface area contributed by atoms with E-state index >= 15 is 0 Å². The lowest BCUT2D eigenvalue weighted by Crippen LogP contribution is -3.00. The minimum absolute atomic E-state index is 0. The number of hydrogen-bond donors (Lipinski definition) is 2. The first-order valence-corrected chi connectivity index (χ1v) is 8.04. The van der Waals surface area contributed by atoms with Crippen LogP contribution in [-0.2, 0) is 9.59 Å². The van der Waals surface area contributed by atoms with Crippen LogP contribution in [0.2, 0.25) is 0 Å². The van der Waals surface area contributed by atoms with Crippen LogP contribution in [-0.4, -0.2) is 22.7 Å². The lowest BCUT2D eigenvalue weighted by atomic mass is 10.1. The number of carbonyl (C=O) groups excluding carboxylic acids is 2. The first-order valence-electron chi connectivity index (χ1n) is 8.04. The van der Waals surface area contributed by atoms with E-state index < -0.39 is 0 Å². The number of amides is 1. The van der Waals surface area contributed by atoms with Gasteiger partial charge in [-0.3, -0.25) is 9.78 Å². The van der Waals surface area contributed by atoms with Gasteiger partial charge >= 0.3 is 0 Å². The van der Waals surface area contributed by atoms with Crippen molar-refractivity contribution in [1.82, 2.24) is 4.98 Å². The number of nitrogens with one attached hydrogen (secondary N) is 1. The van der Waals surface area contributed by atoms with E-state index in [1.165, 1.54) is 0 Å². The zero-order valence-corrected chi connectivity index (χ0v) is 14.7. The van der Waals surface area contributed by atoms with E-state index in [0.29, 0.717) is 12.1 Å². The van der Waals surface area contributed by atoms with Crippen LogP contribution >= 0.6 is 0 Å². The molecule has 4 N–H and O–H groups in total. The predicted octanol–water partition coefficient (Wildman–Crippen LogP) is -0.673. The quantitative estimate of drug-likeness (QED) is 0.619. The molecule has 0 bridgehead atoms. The summed E-state index contributed by atoms with van der Waals surface area (Å²) in [6.45, 7) is 1.61. The third kappa shape index (κ3) is 6.26. The number of para-hydroxylation sites is 1. The van der Waals surface area contributed by atoms with Crippen molar-refractivity contribution in [3.63, 3.8) is 0 Å². The lowest BCUT2D eigenvalue weighted by molar-refractivity contribution is -0.404. The summed E-state index contributed by atoms with van der Waals surface area (Å²) in [5, 5.41) is 3.87. The minimum Gasteiger partial charge on any atom is -1.00 e. The van der Waals surface area contributed by atoms with Crippen molar-refractivity contribution in [2.45, 2.75) is 45.1 Å². The van der Waals surface area contributed by atoms with E-state index in [9.17, 15) is 9.59 Å². The number of rotatable bonds is 8. The Morgan fingerprint density at radius 2 is 1.96 bits per heavy atom. The number of benzene rings is 1. The van der Waals surface area contributed by atoms with Gasteiger partial charge in [0.25, 0.3) is 5.91 Å². The summed E-state index contributed by atoms with van der Waals surface area (Å²) < 4.78 is 0. The largest absolute Gasteiger partial charge is 1.00 e. The summed E-state index contributed by atoms with van der Waals surface area (Å²) in [6, 6.07) is 9.41. The smallest absolute Gasteiger partial charge is 0.282 e. The number of carbonyl (C=O) groups is 2. The van der Waals surface area contributed by atoms with Crippen LogP contribution in [0.5, 0.6) is 0 Å². The maximum Gasteiger partial charge on any atom is 0.282 e. The van der Waals surface area contributed by atoms with Crippen molar-refractivity contribution >= 4 is 28.3 Å². The first kappa shape index (κ1) is 20.1. The Bertz CT molecular complexity index is 691. The van der Waals surface area contributed by atoms with E-state index in [1.807, 2.05) is 30.3 Å². The molecular formula is C18H24ClN3O2. The van der Waals surface area contributed by atoms with Crippen molar-refractivity contribution in [3.05, 3.63) is 36.5 Å². The fourth-order valence-corrected chi connectivity index (χ4v) is 2.46. The van der Waals surface area contributed by atoms with E-state index in [-0.39, 0.29) is 30.1 Å². The molecule has 0 spiro atoms. The average Bonchev–Trinajstić information content (AvgIpc) is 2.54. The highest BCUT2D eigenvalue weighted by Gasteiger charge is 2.17. The number of halogens is 1. The number of Topliss-reactive ketones (excluding diaryl/α,β-unsaturated/α-hetero) is 1. The molecule has 0 fully saturated rings. The second-order valence-electron chi connectivity index (χ2n) is 5.90. The number of pyridine rings is 1. The van der Waals surface area contributed by atoms with E-state index in [1.54, 1.807) is 13.1 Å². The number of unbranched alkanes of at least 4 members (excludes halogenated alkanes) is 2. The molecule has 0 unspecified atom stereocenters. The van der Waals surface area contributed by atoms with Gasteiger partial charge in [0.2, 0.25) is 0 Å². The number of nitrogens with zero attached hydrogens (tertiary/aromatic N) is 1. The average molecular weight is 350 g/mol. The maximum atomic E-state index is 12.2. The van der Waals surface area contributed by atoms with Crippen molar-refractivity contribution in [1.29, 1.82) is 0 Å². The van der Waals surface area contributed by atoms with Gasteiger partial charge in [-0.2, -0.15) is 0 Å². The summed E-state index contributed by atoms with van der Waals surface area (Å²) in [5.74, 6) is 0.131. The molecule has 0 aliphatic heterocycles. The van der Waals surface area contributed by atoms with E-state index in [0.717, 1.165) is 36.6 Å². The molecule has 0 aliphatic rings.